The Morgan fingerprint density at radius 1 is 1.44 bits per heavy atom. The van der Waals surface area contributed by atoms with Gasteiger partial charge in [-0.25, -0.2) is 0 Å². The number of hydrogen-bond donors (Lipinski definition) is 1. The molecular formula is C7H16FN. The molecule has 56 valence electrons. The zero-order valence-electron chi connectivity index (χ0n) is 6.28. The summed E-state index contributed by atoms with van der Waals surface area (Å²) < 4.78 is 11.3. The Morgan fingerprint density at radius 2 is 2.11 bits per heavy atom. The van der Waals surface area contributed by atoms with Crippen molar-refractivity contribution in [3.8, 4) is 0 Å². The Morgan fingerprint density at radius 3 is 2.56 bits per heavy atom. The van der Waals surface area contributed by atoms with E-state index in [1.807, 2.05) is 0 Å². The number of hydrogen-bond acceptors (Lipinski definition) is 1. The van der Waals surface area contributed by atoms with E-state index in [9.17, 15) is 4.48 Å². The molecule has 2 heteroatoms. The third-order valence-electron chi connectivity index (χ3n) is 1.51. The van der Waals surface area contributed by atoms with Gasteiger partial charge in [0.25, 0.3) is 0 Å². The fraction of sp³-hybridized carbons (Fsp3) is 1.00. The maximum atomic E-state index is 11.3. The summed E-state index contributed by atoms with van der Waals surface area (Å²) >= 11 is 0. The molecule has 1 N–H and O–H groups in total. The quantitative estimate of drug-likeness (QED) is 0.567. The largest absolute Gasteiger partial charge is 0.159 e. The molecule has 9 heavy (non-hydrogen) atoms. The smallest absolute Gasteiger partial charge is 0.0262 e. The minimum absolute atomic E-state index is 0.501. The van der Waals surface area contributed by atoms with Crippen LogP contribution in [0.25, 0.3) is 0 Å². The molecule has 0 aliphatic carbocycles. The Bertz CT molecular complexity index is 56.9. The highest BCUT2D eigenvalue weighted by Gasteiger charge is 1.98. The fourth-order valence-corrected chi connectivity index (χ4v) is 0.938. The first-order valence-corrected chi connectivity index (χ1v) is 3.64. The van der Waals surface area contributed by atoms with Gasteiger partial charge in [0.05, 0.1) is 0 Å². The predicted molar refractivity (Wildman–Crippen MR) is 37.8 cm³/mol. The number of rotatable bonds is 5. The van der Waals surface area contributed by atoms with Gasteiger partial charge in [0.2, 0.25) is 0 Å². The van der Waals surface area contributed by atoms with Gasteiger partial charge in [-0.1, -0.05) is 26.7 Å². The van der Waals surface area contributed by atoms with Crippen LogP contribution in [0.4, 0.5) is 4.48 Å². The highest BCUT2D eigenvalue weighted by Crippen LogP contribution is 2.07. The molecule has 0 bridgehead atoms. The average molecular weight is 133 g/mol. The van der Waals surface area contributed by atoms with E-state index in [-0.39, 0.29) is 0 Å². The van der Waals surface area contributed by atoms with Crippen molar-refractivity contribution in [2.75, 3.05) is 6.54 Å². The van der Waals surface area contributed by atoms with Gasteiger partial charge in [-0.15, -0.1) is 4.48 Å². The molecule has 0 aromatic rings. The molecule has 1 atom stereocenters. The van der Waals surface area contributed by atoms with Crippen molar-refractivity contribution in [2.24, 2.45) is 5.92 Å². The molecule has 0 aromatic heterocycles. The van der Waals surface area contributed by atoms with Gasteiger partial charge in [0.1, 0.15) is 0 Å². The van der Waals surface area contributed by atoms with Gasteiger partial charge in [0, 0.05) is 6.54 Å². The second-order valence-electron chi connectivity index (χ2n) is 2.57. The van der Waals surface area contributed by atoms with Crippen molar-refractivity contribution in [3.05, 3.63) is 0 Å². The third kappa shape index (κ3) is 5.77. The van der Waals surface area contributed by atoms with E-state index in [2.05, 4.69) is 13.8 Å². The molecule has 0 aliphatic heterocycles. The van der Waals surface area contributed by atoms with Crippen LogP contribution >= 0.6 is 0 Å². The first kappa shape index (κ1) is 8.89. The lowest BCUT2D eigenvalue weighted by Gasteiger charge is -2.06. The van der Waals surface area contributed by atoms with Gasteiger partial charge >= 0.3 is 0 Å². The van der Waals surface area contributed by atoms with E-state index in [1.165, 1.54) is 12.8 Å². The van der Waals surface area contributed by atoms with Gasteiger partial charge in [-0.05, 0) is 12.3 Å². The summed E-state index contributed by atoms with van der Waals surface area (Å²) in [6, 6.07) is 0. The molecule has 0 fully saturated rings. The monoisotopic (exact) mass is 133 g/mol. The molecule has 0 rings (SSSR count). The van der Waals surface area contributed by atoms with Crippen LogP contribution in [0.15, 0.2) is 0 Å². The van der Waals surface area contributed by atoms with Crippen LogP contribution in [0.2, 0.25) is 0 Å². The molecule has 0 aromatic carbocycles. The van der Waals surface area contributed by atoms with E-state index in [4.69, 9.17) is 0 Å². The van der Waals surface area contributed by atoms with Crippen LogP contribution in [0, 0.1) is 5.92 Å². The van der Waals surface area contributed by atoms with Crippen molar-refractivity contribution in [1.82, 2.24) is 5.54 Å². The summed E-state index contributed by atoms with van der Waals surface area (Å²) in [4.78, 5) is 0. The second-order valence-corrected chi connectivity index (χ2v) is 2.57. The zero-order valence-corrected chi connectivity index (χ0v) is 6.28. The van der Waals surface area contributed by atoms with Crippen LogP contribution in [-0.4, -0.2) is 6.54 Å². The molecule has 0 spiro atoms. The van der Waals surface area contributed by atoms with E-state index < -0.39 is 0 Å². The van der Waals surface area contributed by atoms with Gasteiger partial charge in [0.15, 0.2) is 0 Å². The Balaban J connectivity index is 2.95. The zero-order chi connectivity index (χ0) is 7.11. The van der Waals surface area contributed by atoms with E-state index in [1.54, 1.807) is 5.54 Å². The Kier molecular flexibility index (Phi) is 5.94. The molecule has 1 unspecified atom stereocenters. The molecule has 0 saturated heterocycles. The van der Waals surface area contributed by atoms with Gasteiger partial charge in [-0.2, -0.15) is 5.54 Å². The summed E-state index contributed by atoms with van der Waals surface area (Å²) in [6.45, 7) is 4.81. The van der Waals surface area contributed by atoms with Crippen molar-refractivity contribution in [1.29, 1.82) is 0 Å². The van der Waals surface area contributed by atoms with Crippen LogP contribution in [0.1, 0.15) is 33.1 Å². The molecule has 0 saturated carbocycles. The summed E-state index contributed by atoms with van der Waals surface area (Å²) in [7, 11) is 0. The lowest BCUT2D eigenvalue weighted by Crippen LogP contribution is -2.07. The SMILES string of the molecule is CCCC(C)CCNF. The van der Waals surface area contributed by atoms with Crippen molar-refractivity contribution in [3.63, 3.8) is 0 Å². The predicted octanol–water partition coefficient (Wildman–Crippen LogP) is 2.29. The minimum atomic E-state index is 0.501. The highest BCUT2D eigenvalue weighted by molar-refractivity contribution is 4.51. The van der Waals surface area contributed by atoms with Gasteiger partial charge < -0.3 is 0 Å². The molecule has 0 radical (unpaired) electrons. The second kappa shape index (κ2) is 6.02. The van der Waals surface area contributed by atoms with E-state index in [0.717, 1.165) is 6.42 Å². The van der Waals surface area contributed by atoms with Crippen LogP contribution < -0.4 is 5.54 Å². The Hall–Kier alpha value is -0.110. The summed E-state index contributed by atoms with van der Waals surface area (Å²) in [5.74, 6) is 0.665. The minimum Gasteiger partial charge on any atom is -0.159 e. The standard InChI is InChI=1S/C7H16FN/c1-3-4-7(2)5-6-9-8/h7,9H,3-6H2,1-2H3. The lowest BCUT2D eigenvalue weighted by atomic mass is 10.0. The summed E-state index contributed by atoms with van der Waals surface area (Å²) in [6.07, 6.45) is 3.36. The summed E-state index contributed by atoms with van der Waals surface area (Å²) in [5.41, 5.74) is 1.66. The van der Waals surface area contributed by atoms with Crippen LogP contribution in [-0.2, 0) is 0 Å². The maximum absolute atomic E-state index is 11.3. The van der Waals surface area contributed by atoms with E-state index in [0.29, 0.717) is 12.5 Å². The average Bonchev–Trinajstić information content (AvgIpc) is 1.85. The van der Waals surface area contributed by atoms with Crippen LogP contribution in [0.3, 0.4) is 0 Å². The lowest BCUT2D eigenvalue weighted by molar-refractivity contribution is 0.310. The summed E-state index contributed by atoms with van der Waals surface area (Å²) in [5, 5.41) is 0. The first-order valence-electron chi connectivity index (χ1n) is 3.64. The number of nitrogens with one attached hydrogen (secondary N) is 1. The fourth-order valence-electron chi connectivity index (χ4n) is 0.938. The van der Waals surface area contributed by atoms with Crippen molar-refractivity contribution >= 4 is 0 Å². The molecular weight excluding hydrogens is 117 g/mol. The number of halogens is 1. The van der Waals surface area contributed by atoms with E-state index >= 15 is 0 Å². The molecule has 0 heterocycles. The molecule has 0 aliphatic rings. The normalized spacial score (nSPS) is 13.7. The van der Waals surface area contributed by atoms with Crippen molar-refractivity contribution in [2.45, 2.75) is 33.1 Å². The maximum Gasteiger partial charge on any atom is 0.0262 e. The van der Waals surface area contributed by atoms with Crippen LogP contribution in [0.5, 0.6) is 0 Å². The third-order valence-corrected chi connectivity index (χ3v) is 1.51. The highest BCUT2D eigenvalue weighted by atomic mass is 19.2. The van der Waals surface area contributed by atoms with Gasteiger partial charge in [-0.3, -0.25) is 0 Å². The molecule has 1 nitrogen and oxygen atoms in total. The van der Waals surface area contributed by atoms with Crippen molar-refractivity contribution < 1.29 is 4.48 Å². The molecule has 0 amide bonds. The first-order chi connectivity index (χ1) is 4.31. The topological polar surface area (TPSA) is 12.0 Å². The Labute approximate surface area is 56.6 Å².